The van der Waals surface area contributed by atoms with Crippen molar-refractivity contribution in [1.82, 2.24) is 0 Å². The molecule has 2 aromatic rings. The molecule has 0 fully saturated rings. The van der Waals surface area contributed by atoms with Gasteiger partial charge < -0.3 is 14.2 Å². The highest BCUT2D eigenvalue weighted by Crippen LogP contribution is 2.26. The van der Waals surface area contributed by atoms with Crippen molar-refractivity contribution in [1.29, 1.82) is 0 Å². The fourth-order valence-corrected chi connectivity index (χ4v) is 1.96. The third-order valence-electron chi connectivity index (χ3n) is 3.04. The maximum absolute atomic E-state index is 11.9. The van der Waals surface area contributed by atoms with Gasteiger partial charge in [0.2, 0.25) is 0 Å². The lowest BCUT2D eigenvalue weighted by atomic mass is 10.2. The predicted octanol–water partition coefficient (Wildman–Crippen LogP) is 3.63. The minimum absolute atomic E-state index is 0.145. The third-order valence-corrected chi connectivity index (χ3v) is 3.04. The van der Waals surface area contributed by atoms with Crippen LogP contribution in [-0.4, -0.2) is 19.2 Å². The summed E-state index contributed by atoms with van der Waals surface area (Å²) >= 11 is 0. The third kappa shape index (κ3) is 4.52. The first-order valence-corrected chi connectivity index (χ1v) is 7.37. The summed E-state index contributed by atoms with van der Waals surface area (Å²) in [5, 5.41) is 0. The molecule has 116 valence electrons. The van der Waals surface area contributed by atoms with Crippen LogP contribution < -0.4 is 14.2 Å². The van der Waals surface area contributed by atoms with Crippen LogP contribution in [0.4, 0.5) is 0 Å². The van der Waals surface area contributed by atoms with Crippen molar-refractivity contribution in [3.8, 4) is 17.2 Å². The maximum Gasteiger partial charge on any atom is 0.349 e. The number of aryl methyl sites for hydroxylation is 1. The number of esters is 1. The van der Waals surface area contributed by atoms with Crippen molar-refractivity contribution in [2.75, 3.05) is 13.2 Å². The van der Waals surface area contributed by atoms with Gasteiger partial charge in [0.05, 0.1) is 6.61 Å². The van der Waals surface area contributed by atoms with E-state index in [2.05, 4.69) is 6.92 Å². The molecule has 0 unspecified atom stereocenters. The van der Waals surface area contributed by atoms with E-state index < -0.39 is 5.97 Å². The molecule has 2 aromatic carbocycles. The Morgan fingerprint density at radius 3 is 2.45 bits per heavy atom. The summed E-state index contributed by atoms with van der Waals surface area (Å²) in [4.78, 5) is 11.9. The van der Waals surface area contributed by atoms with E-state index in [1.54, 1.807) is 18.2 Å². The summed E-state index contributed by atoms with van der Waals surface area (Å²) in [6.45, 7) is 4.31. The first kappa shape index (κ1) is 15.9. The van der Waals surface area contributed by atoms with E-state index in [0.717, 1.165) is 12.0 Å². The topological polar surface area (TPSA) is 44.8 Å². The average Bonchev–Trinajstić information content (AvgIpc) is 2.55. The Balaban J connectivity index is 1.93. The summed E-state index contributed by atoms with van der Waals surface area (Å²) in [6.07, 6.45) is 0.920. The second kappa shape index (κ2) is 8.08. The number of rotatable bonds is 7. The van der Waals surface area contributed by atoms with Crippen LogP contribution in [0.1, 0.15) is 19.4 Å². The zero-order valence-corrected chi connectivity index (χ0v) is 12.9. The van der Waals surface area contributed by atoms with Crippen molar-refractivity contribution in [2.45, 2.75) is 20.3 Å². The molecule has 22 heavy (non-hydrogen) atoms. The molecule has 0 spiro atoms. The van der Waals surface area contributed by atoms with Crippen molar-refractivity contribution < 1.29 is 19.0 Å². The molecule has 0 aromatic heterocycles. The lowest BCUT2D eigenvalue weighted by molar-refractivity contribution is -0.136. The van der Waals surface area contributed by atoms with Gasteiger partial charge in [-0.05, 0) is 43.2 Å². The van der Waals surface area contributed by atoms with Crippen molar-refractivity contribution in [3.63, 3.8) is 0 Å². The quantitative estimate of drug-likeness (QED) is 0.578. The smallest absolute Gasteiger partial charge is 0.349 e. The summed E-state index contributed by atoms with van der Waals surface area (Å²) in [5.74, 6) is 1.15. The Morgan fingerprint density at radius 1 is 0.955 bits per heavy atom. The van der Waals surface area contributed by atoms with Crippen molar-refractivity contribution in [3.05, 3.63) is 54.1 Å². The molecule has 0 amide bonds. The summed E-state index contributed by atoms with van der Waals surface area (Å²) in [5.41, 5.74) is 1.16. The van der Waals surface area contributed by atoms with Gasteiger partial charge in [0.15, 0.2) is 18.1 Å². The minimum Gasteiger partial charge on any atom is -0.490 e. The van der Waals surface area contributed by atoms with Crippen LogP contribution in [0.5, 0.6) is 17.2 Å². The maximum atomic E-state index is 11.9. The average molecular weight is 300 g/mol. The van der Waals surface area contributed by atoms with Crippen LogP contribution in [0.15, 0.2) is 48.5 Å². The van der Waals surface area contributed by atoms with E-state index in [1.165, 1.54) is 0 Å². The van der Waals surface area contributed by atoms with E-state index >= 15 is 0 Å². The van der Waals surface area contributed by atoms with Gasteiger partial charge in [-0.2, -0.15) is 0 Å². The van der Waals surface area contributed by atoms with Gasteiger partial charge in [-0.15, -0.1) is 0 Å². The van der Waals surface area contributed by atoms with Gasteiger partial charge in [0.1, 0.15) is 5.75 Å². The Morgan fingerprint density at radius 2 is 1.73 bits per heavy atom. The van der Waals surface area contributed by atoms with E-state index in [4.69, 9.17) is 14.2 Å². The molecule has 0 bridgehead atoms. The number of carbonyl (C=O) groups excluding carboxylic acids is 1. The summed E-state index contributed by atoms with van der Waals surface area (Å²) in [7, 11) is 0. The zero-order chi connectivity index (χ0) is 15.8. The number of ether oxygens (including phenoxy) is 3. The second-order valence-corrected chi connectivity index (χ2v) is 4.64. The lowest BCUT2D eigenvalue weighted by Gasteiger charge is -2.11. The fraction of sp³-hybridized carbons (Fsp3) is 0.278. The SMILES string of the molecule is CCOc1ccccc1OC(=O)COc1cccc(CC)c1. The number of carbonyl (C=O) groups is 1. The van der Waals surface area contributed by atoms with Crippen LogP contribution >= 0.6 is 0 Å². The van der Waals surface area contributed by atoms with Crippen molar-refractivity contribution in [2.24, 2.45) is 0 Å². The van der Waals surface area contributed by atoms with E-state index in [0.29, 0.717) is 23.9 Å². The van der Waals surface area contributed by atoms with Gasteiger partial charge in [-0.1, -0.05) is 31.2 Å². The van der Waals surface area contributed by atoms with Gasteiger partial charge in [0, 0.05) is 0 Å². The highest BCUT2D eigenvalue weighted by molar-refractivity contribution is 5.74. The van der Waals surface area contributed by atoms with Gasteiger partial charge in [-0.25, -0.2) is 4.79 Å². The molecule has 4 nitrogen and oxygen atoms in total. The van der Waals surface area contributed by atoms with Crippen LogP contribution in [0, 0.1) is 0 Å². The van der Waals surface area contributed by atoms with Gasteiger partial charge >= 0.3 is 5.97 Å². The molecular weight excluding hydrogens is 280 g/mol. The second-order valence-electron chi connectivity index (χ2n) is 4.64. The molecule has 0 saturated heterocycles. The number of hydrogen-bond acceptors (Lipinski definition) is 4. The number of para-hydroxylation sites is 2. The molecule has 0 aliphatic heterocycles. The van der Waals surface area contributed by atoms with Crippen LogP contribution in [0.25, 0.3) is 0 Å². The fourth-order valence-electron chi connectivity index (χ4n) is 1.96. The van der Waals surface area contributed by atoms with Gasteiger partial charge in [0.25, 0.3) is 0 Å². The van der Waals surface area contributed by atoms with Crippen molar-refractivity contribution >= 4 is 5.97 Å². The lowest BCUT2D eigenvalue weighted by Crippen LogP contribution is -2.18. The minimum atomic E-state index is -0.464. The first-order chi connectivity index (χ1) is 10.7. The molecule has 0 atom stereocenters. The zero-order valence-electron chi connectivity index (χ0n) is 12.9. The molecule has 0 N–H and O–H groups in total. The highest BCUT2D eigenvalue weighted by Gasteiger charge is 2.10. The van der Waals surface area contributed by atoms with Crippen LogP contribution in [0.3, 0.4) is 0 Å². The molecular formula is C18H20O4. The molecule has 2 rings (SSSR count). The monoisotopic (exact) mass is 300 g/mol. The van der Waals surface area contributed by atoms with Gasteiger partial charge in [-0.3, -0.25) is 0 Å². The van der Waals surface area contributed by atoms with Crippen LogP contribution in [0.2, 0.25) is 0 Å². The Bertz CT molecular complexity index is 622. The standard InChI is InChI=1S/C18H20O4/c1-3-14-8-7-9-15(12-14)21-13-18(19)22-17-11-6-5-10-16(17)20-4-2/h5-12H,3-4,13H2,1-2H3. The largest absolute Gasteiger partial charge is 0.490 e. The van der Waals surface area contributed by atoms with E-state index in [-0.39, 0.29) is 6.61 Å². The van der Waals surface area contributed by atoms with Crippen LogP contribution in [-0.2, 0) is 11.2 Å². The molecule has 0 radical (unpaired) electrons. The molecule has 0 heterocycles. The Kier molecular flexibility index (Phi) is 5.83. The summed E-state index contributed by atoms with van der Waals surface area (Å²) in [6, 6.07) is 14.7. The Hall–Kier alpha value is -2.49. The summed E-state index contributed by atoms with van der Waals surface area (Å²) < 4.78 is 16.2. The number of benzene rings is 2. The normalized spacial score (nSPS) is 10.1. The first-order valence-electron chi connectivity index (χ1n) is 7.37. The van der Waals surface area contributed by atoms with E-state index in [1.807, 2.05) is 37.3 Å². The molecule has 0 saturated carbocycles. The molecule has 0 aliphatic carbocycles. The molecule has 4 heteroatoms. The Labute approximate surface area is 130 Å². The van der Waals surface area contributed by atoms with E-state index in [9.17, 15) is 4.79 Å². The predicted molar refractivity (Wildman–Crippen MR) is 84.6 cm³/mol. The molecule has 0 aliphatic rings. The number of hydrogen-bond donors (Lipinski definition) is 0. The highest BCUT2D eigenvalue weighted by atomic mass is 16.6.